The van der Waals surface area contributed by atoms with Crippen LogP contribution in [-0.2, 0) is 6.54 Å². The summed E-state index contributed by atoms with van der Waals surface area (Å²) in [5.74, 6) is -0.280. The molecule has 0 spiro atoms. The topological polar surface area (TPSA) is 53.4 Å². The van der Waals surface area contributed by atoms with E-state index in [1.807, 2.05) is 18.2 Å². The van der Waals surface area contributed by atoms with Crippen LogP contribution in [0.3, 0.4) is 0 Å². The number of aromatic carboxylic acids is 1. The summed E-state index contributed by atoms with van der Waals surface area (Å²) in [6, 6.07) is 23.1. The average Bonchev–Trinajstić information content (AvgIpc) is 3.47. The molecule has 1 N–H and O–H groups in total. The van der Waals surface area contributed by atoms with Crippen LogP contribution in [0, 0.1) is 0 Å². The summed E-state index contributed by atoms with van der Waals surface area (Å²) in [5.41, 5.74) is 3.62. The van der Waals surface area contributed by atoms with E-state index in [9.17, 15) is 9.90 Å². The zero-order chi connectivity index (χ0) is 19.8. The molecule has 0 atom stereocenters. The fourth-order valence-corrected chi connectivity index (χ4v) is 4.57. The van der Waals surface area contributed by atoms with Gasteiger partial charge in [-0.3, -0.25) is 0 Å². The van der Waals surface area contributed by atoms with Gasteiger partial charge in [-0.2, -0.15) is 0 Å². The van der Waals surface area contributed by atoms with Gasteiger partial charge in [0.25, 0.3) is 0 Å². The van der Waals surface area contributed by atoms with Crippen LogP contribution in [-0.4, -0.2) is 16.1 Å². The highest BCUT2D eigenvalue weighted by Crippen LogP contribution is 2.46. The summed E-state index contributed by atoms with van der Waals surface area (Å²) >= 11 is 1.21. The number of carboxylic acids is 1. The molecule has 1 aliphatic rings. The number of carboxylic acid groups (broad SMARTS) is 1. The first-order valence-electron chi connectivity index (χ1n) is 9.73. The van der Waals surface area contributed by atoms with Crippen molar-refractivity contribution in [1.82, 2.24) is 4.98 Å². The van der Waals surface area contributed by atoms with Crippen molar-refractivity contribution < 1.29 is 9.90 Å². The lowest BCUT2D eigenvalue weighted by Crippen LogP contribution is -2.16. The molecule has 1 fully saturated rings. The number of fused-ring (bicyclic) bond motifs is 1. The predicted octanol–water partition coefficient (Wildman–Crippen LogP) is 6.21. The number of carbonyl (C=O) groups is 1. The summed E-state index contributed by atoms with van der Waals surface area (Å²) in [5, 5.41) is 12.5. The largest absolute Gasteiger partial charge is 0.477 e. The summed E-state index contributed by atoms with van der Waals surface area (Å²) in [4.78, 5) is 18.3. The molecule has 1 heterocycles. The van der Waals surface area contributed by atoms with Crippen molar-refractivity contribution >= 4 is 38.9 Å². The molecule has 4 aromatic rings. The van der Waals surface area contributed by atoms with E-state index in [-0.39, 0.29) is 4.88 Å². The SMILES string of the molecule is O=C(O)c1cnc(N(Cc2ccccc2)c2ccc(C3CC3)c3ccccc23)s1. The molecule has 0 saturated heterocycles. The Morgan fingerprint density at radius 1 is 1.00 bits per heavy atom. The van der Waals surface area contributed by atoms with Gasteiger partial charge >= 0.3 is 5.97 Å². The minimum absolute atomic E-state index is 0.247. The second kappa shape index (κ2) is 7.33. The van der Waals surface area contributed by atoms with Gasteiger partial charge in [-0.15, -0.1) is 0 Å². The van der Waals surface area contributed by atoms with E-state index in [4.69, 9.17) is 0 Å². The Kier molecular flexibility index (Phi) is 4.52. The van der Waals surface area contributed by atoms with Gasteiger partial charge in [0, 0.05) is 5.39 Å². The highest BCUT2D eigenvalue weighted by Gasteiger charge is 2.27. The lowest BCUT2D eigenvalue weighted by atomic mass is 9.99. The van der Waals surface area contributed by atoms with Crippen LogP contribution in [0.15, 0.2) is 72.9 Å². The van der Waals surface area contributed by atoms with E-state index in [0.717, 1.165) is 11.3 Å². The zero-order valence-electron chi connectivity index (χ0n) is 15.8. The lowest BCUT2D eigenvalue weighted by Gasteiger charge is -2.25. The number of benzene rings is 3. The Morgan fingerprint density at radius 3 is 2.41 bits per heavy atom. The van der Waals surface area contributed by atoms with Crippen molar-refractivity contribution in [2.24, 2.45) is 0 Å². The van der Waals surface area contributed by atoms with Crippen molar-refractivity contribution in [2.45, 2.75) is 25.3 Å². The third kappa shape index (κ3) is 3.49. The van der Waals surface area contributed by atoms with Crippen LogP contribution < -0.4 is 4.90 Å². The first-order chi connectivity index (χ1) is 14.2. The molecule has 0 radical (unpaired) electrons. The molecule has 0 unspecified atom stereocenters. The van der Waals surface area contributed by atoms with Gasteiger partial charge in [0.05, 0.1) is 18.4 Å². The Bertz CT molecular complexity index is 1180. The molecule has 5 rings (SSSR count). The molecule has 29 heavy (non-hydrogen) atoms. The number of hydrogen-bond acceptors (Lipinski definition) is 4. The van der Waals surface area contributed by atoms with Gasteiger partial charge in [0.15, 0.2) is 5.13 Å². The minimum atomic E-state index is -0.942. The fraction of sp³-hybridized carbons (Fsp3) is 0.167. The second-order valence-corrected chi connectivity index (χ2v) is 8.39. The van der Waals surface area contributed by atoms with Crippen LogP contribution in [0.4, 0.5) is 10.8 Å². The number of rotatable bonds is 6. The van der Waals surface area contributed by atoms with Gasteiger partial charge in [0.2, 0.25) is 0 Å². The third-order valence-electron chi connectivity index (χ3n) is 5.36. The normalized spacial score (nSPS) is 13.5. The first kappa shape index (κ1) is 17.9. The van der Waals surface area contributed by atoms with Gasteiger partial charge < -0.3 is 10.0 Å². The lowest BCUT2D eigenvalue weighted by molar-refractivity contribution is 0.0702. The van der Waals surface area contributed by atoms with Gasteiger partial charge in [-0.05, 0) is 41.3 Å². The molecule has 4 nitrogen and oxygen atoms in total. The Hall–Kier alpha value is -3.18. The van der Waals surface area contributed by atoms with Crippen LogP contribution in [0.25, 0.3) is 10.8 Å². The van der Waals surface area contributed by atoms with Gasteiger partial charge in [0.1, 0.15) is 4.88 Å². The Balaban J connectivity index is 1.66. The summed E-state index contributed by atoms with van der Waals surface area (Å²) in [7, 11) is 0. The summed E-state index contributed by atoms with van der Waals surface area (Å²) < 4.78 is 0. The van der Waals surface area contributed by atoms with Crippen molar-refractivity contribution in [3.8, 4) is 0 Å². The van der Waals surface area contributed by atoms with Crippen LogP contribution in [0.5, 0.6) is 0 Å². The molecular weight excluding hydrogens is 380 g/mol. The molecule has 5 heteroatoms. The highest BCUT2D eigenvalue weighted by atomic mass is 32.1. The van der Waals surface area contributed by atoms with Gasteiger partial charge in [-0.1, -0.05) is 72.0 Å². The molecule has 1 aliphatic carbocycles. The van der Waals surface area contributed by atoms with Crippen LogP contribution in [0.2, 0.25) is 0 Å². The minimum Gasteiger partial charge on any atom is -0.477 e. The van der Waals surface area contributed by atoms with Gasteiger partial charge in [-0.25, -0.2) is 9.78 Å². The van der Waals surface area contributed by atoms with E-state index in [2.05, 4.69) is 58.4 Å². The second-order valence-electron chi connectivity index (χ2n) is 7.38. The van der Waals surface area contributed by atoms with Crippen molar-refractivity contribution in [1.29, 1.82) is 0 Å². The van der Waals surface area contributed by atoms with Crippen LogP contribution >= 0.6 is 11.3 Å². The van der Waals surface area contributed by atoms with E-state index >= 15 is 0 Å². The molecule has 3 aromatic carbocycles. The molecule has 0 aliphatic heterocycles. The van der Waals surface area contributed by atoms with Crippen molar-refractivity contribution in [2.75, 3.05) is 4.90 Å². The maximum absolute atomic E-state index is 11.4. The quantitative estimate of drug-likeness (QED) is 0.418. The molecule has 0 amide bonds. The number of aromatic nitrogens is 1. The molecular formula is C24H20N2O2S. The number of nitrogens with zero attached hydrogens (tertiary/aromatic N) is 2. The van der Waals surface area contributed by atoms with E-state index in [0.29, 0.717) is 17.6 Å². The van der Waals surface area contributed by atoms with Crippen molar-refractivity contribution in [3.05, 3.63) is 88.9 Å². The third-order valence-corrected chi connectivity index (χ3v) is 6.37. The maximum atomic E-state index is 11.4. The first-order valence-corrected chi connectivity index (χ1v) is 10.5. The summed E-state index contributed by atoms with van der Waals surface area (Å²) in [6.45, 7) is 0.625. The molecule has 1 aromatic heterocycles. The van der Waals surface area contributed by atoms with Crippen LogP contribution in [0.1, 0.15) is 39.6 Å². The number of thiazole rings is 1. The highest BCUT2D eigenvalue weighted by molar-refractivity contribution is 7.17. The maximum Gasteiger partial charge on any atom is 0.347 e. The smallest absolute Gasteiger partial charge is 0.347 e. The zero-order valence-corrected chi connectivity index (χ0v) is 16.6. The molecule has 0 bridgehead atoms. The Morgan fingerprint density at radius 2 is 1.72 bits per heavy atom. The molecule has 144 valence electrons. The molecule has 1 saturated carbocycles. The van der Waals surface area contributed by atoms with E-state index < -0.39 is 5.97 Å². The Labute approximate surface area is 173 Å². The van der Waals surface area contributed by atoms with E-state index in [1.54, 1.807) is 0 Å². The average molecular weight is 401 g/mol. The standard InChI is InChI=1S/C24H20N2O2S/c27-23(28)22-14-25-24(29-22)26(15-16-6-2-1-3-7-16)21-13-12-18(17-10-11-17)19-8-4-5-9-20(19)21/h1-9,12-14,17H,10-11,15H2,(H,27,28). The van der Waals surface area contributed by atoms with Crippen molar-refractivity contribution in [3.63, 3.8) is 0 Å². The fourth-order valence-electron chi connectivity index (χ4n) is 3.80. The number of anilines is 2. The summed E-state index contributed by atoms with van der Waals surface area (Å²) in [6.07, 6.45) is 3.96. The monoisotopic (exact) mass is 400 g/mol. The number of hydrogen-bond donors (Lipinski definition) is 1. The predicted molar refractivity (Wildman–Crippen MR) is 117 cm³/mol. The van der Waals surface area contributed by atoms with E-state index in [1.165, 1.54) is 46.7 Å².